The lowest BCUT2D eigenvalue weighted by atomic mass is 10.1. The Hall–Kier alpha value is -2.83. The molecule has 1 aromatic carbocycles. The highest BCUT2D eigenvalue weighted by atomic mass is 19.4. The molecule has 152 valence electrons. The van der Waals surface area contributed by atoms with Crippen molar-refractivity contribution >= 4 is 17.7 Å². The fraction of sp³-hybridized carbons (Fsp3) is 0.364. The molecule has 0 radical (unpaired) electrons. The Bertz CT molecular complexity index is 886. The summed E-state index contributed by atoms with van der Waals surface area (Å²) in [4.78, 5) is 17.7. The number of amides is 1. The van der Waals surface area contributed by atoms with Crippen LogP contribution in [0.4, 0.5) is 18.9 Å². The molecular weight excluding hydrogens is 379 g/mol. The molecule has 2 fully saturated rings. The molecule has 2 aromatic rings. The molecule has 1 aromatic heterocycles. The molecule has 2 heterocycles. The molecule has 0 spiro atoms. The lowest BCUT2D eigenvalue weighted by molar-refractivity contribution is -0.137. The highest BCUT2D eigenvalue weighted by Crippen LogP contribution is 2.55. The summed E-state index contributed by atoms with van der Waals surface area (Å²) in [5, 5.41) is 2.88. The van der Waals surface area contributed by atoms with Crippen LogP contribution in [0.15, 0.2) is 54.9 Å². The van der Waals surface area contributed by atoms with Gasteiger partial charge in [-0.05, 0) is 54.0 Å². The molecule has 7 heteroatoms. The molecule has 1 saturated carbocycles. The van der Waals surface area contributed by atoms with Crippen molar-refractivity contribution in [3.05, 3.63) is 66.0 Å². The third kappa shape index (κ3) is 4.44. The predicted octanol–water partition coefficient (Wildman–Crippen LogP) is 4.00. The van der Waals surface area contributed by atoms with Crippen LogP contribution < -0.4 is 10.2 Å². The Morgan fingerprint density at radius 2 is 1.93 bits per heavy atom. The molecule has 1 aliphatic heterocycles. The van der Waals surface area contributed by atoms with Gasteiger partial charge in [0.2, 0.25) is 5.91 Å². The molecule has 4 nitrogen and oxygen atoms in total. The van der Waals surface area contributed by atoms with Crippen molar-refractivity contribution < 1.29 is 18.0 Å². The van der Waals surface area contributed by atoms with Gasteiger partial charge in [-0.15, -0.1) is 0 Å². The molecule has 1 aliphatic carbocycles. The molecule has 1 N–H and O–H groups in total. The topological polar surface area (TPSA) is 45.2 Å². The minimum atomic E-state index is -4.34. The van der Waals surface area contributed by atoms with Gasteiger partial charge in [-0.25, -0.2) is 0 Å². The molecule has 1 amide bonds. The molecular formula is C22H22F3N3O. The summed E-state index contributed by atoms with van der Waals surface area (Å²) < 4.78 is 39.7. The fourth-order valence-corrected chi connectivity index (χ4v) is 4.33. The van der Waals surface area contributed by atoms with Crippen molar-refractivity contribution in [2.24, 2.45) is 17.8 Å². The van der Waals surface area contributed by atoms with Gasteiger partial charge < -0.3 is 10.2 Å². The number of para-hydroxylation sites is 1. The van der Waals surface area contributed by atoms with Crippen LogP contribution in [0.25, 0.3) is 6.08 Å². The number of nitrogens with zero attached hydrogens (tertiary/aromatic N) is 2. The standard InChI is InChI=1S/C22H22F3N3O/c23-22(24,25)19-5-1-2-6-20(19)28-13-17-16(18(17)14-28)9-11-27-21(29)8-7-15-4-3-10-26-12-15/h1-8,10,12,16-18H,9,11,13-14H2,(H,27,29)/b8-7+/t16-,17+,18-. The van der Waals surface area contributed by atoms with Gasteiger partial charge in [-0.1, -0.05) is 18.2 Å². The summed E-state index contributed by atoms with van der Waals surface area (Å²) in [6, 6.07) is 9.45. The van der Waals surface area contributed by atoms with Crippen LogP contribution in [-0.2, 0) is 11.0 Å². The van der Waals surface area contributed by atoms with Gasteiger partial charge in [-0.2, -0.15) is 13.2 Å². The van der Waals surface area contributed by atoms with E-state index < -0.39 is 11.7 Å². The number of hydrogen-bond donors (Lipinski definition) is 1. The van der Waals surface area contributed by atoms with Gasteiger partial charge in [0.25, 0.3) is 0 Å². The van der Waals surface area contributed by atoms with Crippen LogP contribution in [-0.4, -0.2) is 30.5 Å². The maximum absolute atomic E-state index is 13.2. The summed E-state index contributed by atoms with van der Waals surface area (Å²) in [5.41, 5.74) is 0.573. The summed E-state index contributed by atoms with van der Waals surface area (Å²) >= 11 is 0. The first kappa shape index (κ1) is 19.5. The average molecular weight is 401 g/mol. The number of hydrogen-bond acceptors (Lipinski definition) is 3. The molecule has 2 aliphatic rings. The lowest BCUT2D eigenvalue weighted by Crippen LogP contribution is -2.28. The average Bonchev–Trinajstić information content (AvgIpc) is 3.15. The Labute approximate surface area is 167 Å². The van der Waals surface area contributed by atoms with Crippen LogP contribution in [0.1, 0.15) is 17.5 Å². The van der Waals surface area contributed by atoms with E-state index in [1.165, 1.54) is 12.1 Å². The minimum Gasteiger partial charge on any atom is -0.370 e. The number of fused-ring (bicyclic) bond motifs is 1. The summed E-state index contributed by atoms with van der Waals surface area (Å²) in [7, 11) is 0. The van der Waals surface area contributed by atoms with E-state index in [1.54, 1.807) is 36.7 Å². The van der Waals surface area contributed by atoms with Crippen LogP contribution in [0.2, 0.25) is 0 Å². The fourth-order valence-electron chi connectivity index (χ4n) is 4.33. The Morgan fingerprint density at radius 3 is 2.62 bits per heavy atom. The Balaban J connectivity index is 1.23. The number of aromatic nitrogens is 1. The van der Waals surface area contributed by atoms with Gasteiger partial charge in [0, 0.05) is 43.8 Å². The van der Waals surface area contributed by atoms with Gasteiger partial charge in [0.05, 0.1) is 5.56 Å². The van der Waals surface area contributed by atoms with Crippen molar-refractivity contribution in [2.45, 2.75) is 12.6 Å². The van der Waals surface area contributed by atoms with E-state index >= 15 is 0 Å². The maximum atomic E-state index is 13.2. The number of rotatable bonds is 6. The zero-order valence-corrected chi connectivity index (χ0v) is 15.8. The third-order valence-corrected chi connectivity index (χ3v) is 5.81. The number of halogens is 3. The van der Waals surface area contributed by atoms with Crippen LogP contribution in [0.5, 0.6) is 0 Å². The highest BCUT2D eigenvalue weighted by molar-refractivity contribution is 5.91. The Morgan fingerprint density at radius 1 is 1.17 bits per heavy atom. The highest BCUT2D eigenvalue weighted by Gasteiger charge is 2.55. The number of anilines is 1. The van der Waals surface area contributed by atoms with E-state index in [1.807, 2.05) is 11.0 Å². The molecule has 3 atom stereocenters. The number of piperidine rings is 1. The van der Waals surface area contributed by atoms with Crippen molar-refractivity contribution in [2.75, 3.05) is 24.5 Å². The number of carbonyl (C=O) groups is 1. The first-order chi connectivity index (χ1) is 13.9. The van der Waals surface area contributed by atoms with Crippen molar-refractivity contribution in [1.29, 1.82) is 0 Å². The number of pyridine rings is 1. The summed E-state index contributed by atoms with van der Waals surface area (Å²) in [6.45, 7) is 1.88. The third-order valence-electron chi connectivity index (χ3n) is 5.81. The molecule has 29 heavy (non-hydrogen) atoms. The molecule has 4 rings (SSSR count). The minimum absolute atomic E-state index is 0.152. The number of alkyl halides is 3. The van der Waals surface area contributed by atoms with Gasteiger partial charge >= 0.3 is 6.18 Å². The monoisotopic (exact) mass is 401 g/mol. The zero-order valence-electron chi connectivity index (χ0n) is 15.8. The van der Waals surface area contributed by atoms with Gasteiger partial charge in [0.1, 0.15) is 0 Å². The van der Waals surface area contributed by atoms with Crippen molar-refractivity contribution in [1.82, 2.24) is 10.3 Å². The predicted molar refractivity (Wildman–Crippen MR) is 105 cm³/mol. The van der Waals surface area contributed by atoms with E-state index in [9.17, 15) is 18.0 Å². The van der Waals surface area contributed by atoms with E-state index in [0.717, 1.165) is 18.1 Å². The number of benzene rings is 1. The first-order valence-electron chi connectivity index (χ1n) is 9.70. The van der Waals surface area contributed by atoms with Crippen LogP contribution in [0.3, 0.4) is 0 Å². The van der Waals surface area contributed by atoms with E-state index in [0.29, 0.717) is 37.4 Å². The van der Waals surface area contributed by atoms with E-state index in [4.69, 9.17) is 0 Å². The summed E-state index contributed by atoms with van der Waals surface area (Å²) in [5.74, 6) is 1.16. The normalized spacial score (nSPS) is 23.3. The second-order valence-electron chi connectivity index (χ2n) is 7.61. The largest absolute Gasteiger partial charge is 0.418 e. The van der Waals surface area contributed by atoms with Crippen molar-refractivity contribution in [3.8, 4) is 0 Å². The zero-order chi connectivity index (χ0) is 20.4. The molecule has 0 unspecified atom stereocenters. The van der Waals surface area contributed by atoms with Crippen molar-refractivity contribution in [3.63, 3.8) is 0 Å². The van der Waals surface area contributed by atoms with Crippen LogP contribution in [0, 0.1) is 17.8 Å². The first-order valence-corrected chi connectivity index (χ1v) is 9.70. The quantitative estimate of drug-likeness (QED) is 0.745. The lowest BCUT2D eigenvalue weighted by Gasteiger charge is -2.25. The second kappa shape index (κ2) is 7.89. The Kier molecular flexibility index (Phi) is 5.30. The number of nitrogens with one attached hydrogen (secondary N) is 1. The smallest absolute Gasteiger partial charge is 0.370 e. The van der Waals surface area contributed by atoms with E-state index in [-0.39, 0.29) is 11.6 Å². The maximum Gasteiger partial charge on any atom is 0.418 e. The SMILES string of the molecule is O=C(/C=C/c1cccnc1)NCC[C@H]1[C@H]2CN(c3ccccc3C(F)(F)F)C[C@@H]12. The van der Waals surface area contributed by atoms with Gasteiger partial charge in [0.15, 0.2) is 0 Å². The van der Waals surface area contributed by atoms with E-state index in [2.05, 4.69) is 10.3 Å². The molecule has 0 bridgehead atoms. The van der Waals surface area contributed by atoms with Crippen LogP contribution >= 0.6 is 0 Å². The van der Waals surface area contributed by atoms with Gasteiger partial charge in [-0.3, -0.25) is 9.78 Å². The number of carbonyl (C=O) groups excluding carboxylic acids is 1. The second-order valence-corrected chi connectivity index (χ2v) is 7.61. The molecule has 1 saturated heterocycles. The summed E-state index contributed by atoms with van der Waals surface area (Å²) in [6.07, 6.45) is 3.07.